The molecule has 10 aromatic carbocycles. The first-order valence-electron chi connectivity index (χ1n) is 21.6. The Labute approximate surface area is 368 Å². The van der Waals surface area contributed by atoms with Gasteiger partial charge in [-0.2, -0.15) is 0 Å². The van der Waals surface area contributed by atoms with Crippen LogP contribution < -0.4 is 0 Å². The lowest BCUT2D eigenvalue weighted by Gasteiger charge is -2.14. The molecule has 3 heteroatoms. The minimum absolute atomic E-state index is 1.16. The van der Waals surface area contributed by atoms with E-state index in [1.807, 2.05) is 11.3 Å². The van der Waals surface area contributed by atoms with Crippen LogP contribution in [-0.4, -0.2) is 9.13 Å². The van der Waals surface area contributed by atoms with E-state index >= 15 is 0 Å². The molecule has 0 aliphatic heterocycles. The zero-order chi connectivity index (χ0) is 41.4. The second-order valence-corrected chi connectivity index (χ2v) is 17.5. The van der Waals surface area contributed by atoms with Crippen LogP contribution in [0.15, 0.2) is 231 Å². The van der Waals surface area contributed by atoms with Gasteiger partial charge < -0.3 is 9.13 Å². The van der Waals surface area contributed by atoms with Gasteiger partial charge in [-0.3, -0.25) is 0 Å². The highest BCUT2D eigenvalue weighted by atomic mass is 32.1. The average Bonchev–Trinajstić information content (AvgIpc) is 4.02. The number of hydrogen-bond donors (Lipinski definition) is 0. The summed E-state index contributed by atoms with van der Waals surface area (Å²) in [5, 5.41) is 7.58. The Morgan fingerprint density at radius 2 is 0.825 bits per heavy atom. The minimum Gasteiger partial charge on any atom is -0.309 e. The van der Waals surface area contributed by atoms with Crippen LogP contribution in [0.4, 0.5) is 0 Å². The van der Waals surface area contributed by atoms with Crippen molar-refractivity contribution < 1.29 is 0 Å². The number of benzene rings is 10. The van der Waals surface area contributed by atoms with Gasteiger partial charge in [-0.05, 0) is 99.6 Å². The monoisotopic (exact) mass is 818 g/mol. The van der Waals surface area contributed by atoms with Crippen molar-refractivity contribution in [1.82, 2.24) is 9.13 Å². The molecule has 2 nitrogen and oxygen atoms in total. The topological polar surface area (TPSA) is 9.86 Å². The van der Waals surface area contributed by atoms with Crippen LogP contribution >= 0.6 is 11.3 Å². The fraction of sp³-hybridized carbons (Fsp3) is 0. The molecular formula is C60H38N2S. The predicted molar refractivity (Wildman–Crippen MR) is 270 cm³/mol. The molecule has 0 radical (unpaired) electrons. The maximum Gasteiger partial charge on any atom is 0.0547 e. The molecule has 3 aromatic heterocycles. The molecule has 294 valence electrons. The van der Waals surface area contributed by atoms with Crippen molar-refractivity contribution in [2.75, 3.05) is 0 Å². The summed E-state index contributed by atoms with van der Waals surface area (Å²) in [6.07, 6.45) is 0. The third-order valence-electron chi connectivity index (χ3n) is 12.9. The standard InChI is InChI=1S/C60H38N2S/c1-3-15-39(16-4-1)42-17-13-18-43(35-42)40-29-31-41(32-30-40)52-37-46(38-53-50-22-9-12-28-58(50)63-60(52)53)62-54-25-10-7-21-48(54)49-34-33-44(36-57(49)62)47-24-14-27-56-59(47)51-23-8-11-26-55(51)61(56)45-19-5-2-6-20-45/h1-38H. The molecule has 63 heavy (non-hydrogen) atoms. The molecule has 0 bridgehead atoms. The molecule has 0 N–H and O–H groups in total. The Kier molecular flexibility index (Phi) is 8.12. The highest BCUT2D eigenvalue weighted by molar-refractivity contribution is 7.26. The van der Waals surface area contributed by atoms with Crippen molar-refractivity contribution in [3.05, 3.63) is 231 Å². The first-order valence-corrected chi connectivity index (χ1v) is 22.4. The Bertz CT molecular complexity index is 3890. The summed E-state index contributed by atoms with van der Waals surface area (Å²) < 4.78 is 7.51. The Hall–Kier alpha value is -7.98. The Balaban J connectivity index is 1.01. The molecule has 0 saturated carbocycles. The van der Waals surface area contributed by atoms with Crippen molar-refractivity contribution in [2.24, 2.45) is 0 Å². The first kappa shape index (κ1) is 35.7. The lowest BCUT2D eigenvalue weighted by molar-refractivity contribution is 1.18. The highest BCUT2D eigenvalue weighted by Gasteiger charge is 2.20. The maximum atomic E-state index is 2.50. The smallest absolute Gasteiger partial charge is 0.0547 e. The number of fused-ring (bicyclic) bond motifs is 9. The van der Waals surface area contributed by atoms with Gasteiger partial charge in [-0.1, -0.05) is 170 Å². The Morgan fingerprint density at radius 1 is 0.270 bits per heavy atom. The summed E-state index contributed by atoms with van der Waals surface area (Å²) in [5.41, 5.74) is 16.9. The largest absolute Gasteiger partial charge is 0.309 e. The predicted octanol–water partition coefficient (Wildman–Crippen LogP) is 16.9. The number of aromatic nitrogens is 2. The first-order chi connectivity index (χ1) is 31.2. The van der Waals surface area contributed by atoms with Crippen molar-refractivity contribution in [3.8, 4) is 55.9 Å². The molecule has 13 aromatic rings. The zero-order valence-electron chi connectivity index (χ0n) is 34.2. The van der Waals surface area contributed by atoms with E-state index in [0.717, 1.165) is 11.4 Å². The fourth-order valence-electron chi connectivity index (χ4n) is 10.0. The molecule has 13 rings (SSSR count). The van der Waals surface area contributed by atoms with E-state index < -0.39 is 0 Å². The van der Waals surface area contributed by atoms with Crippen LogP contribution in [0.25, 0.3) is 120 Å². The quantitative estimate of drug-likeness (QED) is 0.158. The summed E-state index contributed by atoms with van der Waals surface area (Å²) in [4.78, 5) is 0. The lowest BCUT2D eigenvalue weighted by Crippen LogP contribution is -1.95. The van der Waals surface area contributed by atoms with Gasteiger partial charge in [-0.15, -0.1) is 11.3 Å². The number of rotatable bonds is 6. The molecule has 3 heterocycles. The molecule has 0 spiro atoms. The van der Waals surface area contributed by atoms with Crippen molar-refractivity contribution >= 4 is 75.1 Å². The molecule has 0 unspecified atom stereocenters. The van der Waals surface area contributed by atoms with E-state index in [1.165, 1.54) is 108 Å². The van der Waals surface area contributed by atoms with Gasteiger partial charge in [0, 0.05) is 58.7 Å². The van der Waals surface area contributed by atoms with Gasteiger partial charge in [0.15, 0.2) is 0 Å². The van der Waals surface area contributed by atoms with Gasteiger partial charge in [-0.25, -0.2) is 0 Å². The third-order valence-corrected chi connectivity index (χ3v) is 14.1. The Morgan fingerprint density at radius 3 is 1.62 bits per heavy atom. The van der Waals surface area contributed by atoms with Crippen LogP contribution in [0, 0.1) is 0 Å². The summed E-state index contributed by atoms with van der Waals surface area (Å²) >= 11 is 1.89. The molecule has 0 saturated heterocycles. The van der Waals surface area contributed by atoms with E-state index in [0.29, 0.717) is 0 Å². The van der Waals surface area contributed by atoms with Crippen LogP contribution in [0.1, 0.15) is 0 Å². The molecule has 0 amide bonds. The third kappa shape index (κ3) is 5.71. The molecule has 0 fully saturated rings. The van der Waals surface area contributed by atoms with Crippen molar-refractivity contribution in [2.45, 2.75) is 0 Å². The highest BCUT2D eigenvalue weighted by Crippen LogP contribution is 2.45. The SMILES string of the molecule is c1ccc(-c2cccc(-c3ccc(-c4cc(-n5c6ccccc6c6ccc(-c7cccc8c7c7ccccc7n8-c7ccccc7)cc65)cc5c4sc4ccccc45)cc3)c2)cc1. The molecule has 0 atom stereocenters. The second kappa shape index (κ2) is 14.3. The molecular weight excluding hydrogens is 781 g/mol. The summed E-state index contributed by atoms with van der Waals surface area (Å²) in [7, 11) is 0. The van der Waals surface area contributed by atoms with E-state index in [4.69, 9.17) is 0 Å². The van der Waals surface area contributed by atoms with Crippen LogP contribution in [-0.2, 0) is 0 Å². The zero-order valence-corrected chi connectivity index (χ0v) is 35.1. The van der Waals surface area contributed by atoms with E-state index in [-0.39, 0.29) is 0 Å². The number of nitrogens with zero attached hydrogens (tertiary/aromatic N) is 2. The summed E-state index contributed by atoms with van der Waals surface area (Å²) in [6, 6.07) is 84.7. The van der Waals surface area contributed by atoms with Crippen molar-refractivity contribution in [1.29, 1.82) is 0 Å². The van der Waals surface area contributed by atoms with Crippen LogP contribution in [0.2, 0.25) is 0 Å². The van der Waals surface area contributed by atoms with Gasteiger partial charge in [0.1, 0.15) is 0 Å². The van der Waals surface area contributed by atoms with Gasteiger partial charge in [0.25, 0.3) is 0 Å². The summed E-state index contributed by atoms with van der Waals surface area (Å²) in [5.74, 6) is 0. The minimum atomic E-state index is 1.16. The normalized spacial score (nSPS) is 11.8. The fourth-order valence-corrected chi connectivity index (χ4v) is 11.3. The molecule has 0 aliphatic carbocycles. The van der Waals surface area contributed by atoms with Crippen LogP contribution in [0.5, 0.6) is 0 Å². The van der Waals surface area contributed by atoms with E-state index in [2.05, 4.69) is 240 Å². The maximum absolute atomic E-state index is 2.50. The lowest BCUT2D eigenvalue weighted by atomic mass is 9.96. The van der Waals surface area contributed by atoms with Gasteiger partial charge in [0.05, 0.1) is 22.1 Å². The average molecular weight is 819 g/mol. The summed E-state index contributed by atoms with van der Waals surface area (Å²) in [6.45, 7) is 0. The second-order valence-electron chi connectivity index (χ2n) is 16.5. The number of para-hydroxylation sites is 3. The number of hydrogen-bond acceptors (Lipinski definition) is 1. The van der Waals surface area contributed by atoms with E-state index in [9.17, 15) is 0 Å². The van der Waals surface area contributed by atoms with E-state index in [1.54, 1.807) is 0 Å². The van der Waals surface area contributed by atoms with Gasteiger partial charge in [0.2, 0.25) is 0 Å². The van der Waals surface area contributed by atoms with Gasteiger partial charge >= 0.3 is 0 Å². The van der Waals surface area contributed by atoms with Crippen LogP contribution in [0.3, 0.4) is 0 Å². The molecule has 0 aliphatic rings. The van der Waals surface area contributed by atoms with Crippen molar-refractivity contribution in [3.63, 3.8) is 0 Å². The number of thiophene rings is 1.